The quantitative estimate of drug-likeness (QED) is 0.0195. The molecule has 0 saturated carbocycles. The van der Waals surface area contributed by atoms with E-state index in [1.54, 1.807) is 23.6 Å². The number of ether oxygens (including phenoxy) is 3. The third kappa shape index (κ3) is 33.8. The van der Waals surface area contributed by atoms with Gasteiger partial charge in [-0.2, -0.15) is 0 Å². The monoisotopic (exact) mass is 1770 g/mol. The zero-order valence-corrected chi connectivity index (χ0v) is 73.1. The summed E-state index contributed by atoms with van der Waals surface area (Å²) in [7, 11) is 0. The lowest BCUT2D eigenvalue weighted by atomic mass is 9.92. The molecule has 2 aromatic rings. The molecule has 14 amide bonds. The van der Waals surface area contributed by atoms with Crippen LogP contribution < -0.4 is 42.5 Å². The van der Waals surface area contributed by atoms with Gasteiger partial charge in [0.1, 0.15) is 48.5 Å². The predicted octanol–water partition coefficient (Wildman–Crippen LogP) is 1.83. The first-order chi connectivity index (χ1) is 58.1. The number of carbonyl (C=O) groups excluding carboxylic acids is 15. The number of piperidine rings is 1. The lowest BCUT2D eigenvalue weighted by molar-refractivity contribution is -0.150. The number of carboxylic acid groups (broad SMARTS) is 3. The first-order valence-electron chi connectivity index (χ1n) is 41.6. The Kier molecular flexibility index (Phi) is 43.1. The molecule has 1 aromatic carbocycles. The number of esters is 1. The van der Waals surface area contributed by atoms with E-state index in [1.165, 1.54) is 40.7 Å². The minimum absolute atomic E-state index is 0.00926. The summed E-state index contributed by atoms with van der Waals surface area (Å²) in [5.74, 6) is -13.4. The van der Waals surface area contributed by atoms with Crippen LogP contribution in [0.15, 0.2) is 29.6 Å². The van der Waals surface area contributed by atoms with Crippen molar-refractivity contribution in [3.63, 3.8) is 0 Å². The van der Waals surface area contributed by atoms with Crippen LogP contribution in [0, 0.1) is 24.7 Å². The second kappa shape index (κ2) is 52.0. The fourth-order valence-corrected chi connectivity index (χ4v) is 17.9. The predicted molar refractivity (Wildman–Crippen MR) is 447 cm³/mol. The SMILES string of the molecule is CCC(C)[C@H](NC(=O)C1CCCCN1CC(=O)NCCCCC(NC(=O)CCC(=O)N1CCN2C(=O)CC(SCSC3CC(=O)N(CC1)C3=O)C2=O)C(=O)NC(CCCCNC(=O)COCCNC(=O)COCCNC(=O)CC(=O)O)C(=O)O)C(=O)N(CC)[C@H](C[C@@H](OC(C)=O)c1nc(C(=O)N[C@@H](Cc2ccc(C)cc2)CC(C)C(=O)O)cs1)C(C)C. The molecule has 0 spiro atoms. The summed E-state index contributed by atoms with van der Waals surface area (Å²) < 4.78 is 16.3. The molecule has 4 bridgehead atoms. The minimum atomic E-state index is -1.49. The van der Waals surface area contributed by atoms with E-state index in [-0.39, 0.29) is 180 Å². The Morgan fingerprint density at radius 1 is 0.639 bits per heavy atom. The van der Waals surface area contributed by atoms with E-state index in [9.17, 15) is 91.7 Å². The van der Waals surface area contributed by atoms with Crippen LogP contribution in [0.1, 0.15) is 190 Å². The third-order valence-corrected chi connectivity index (χ3v) is 24.9. The molecule has 38 nitrogen and oxygen atoms in total. The molecule has 4 aliphatic rings. The zero-order valence-electron chi connectivity index (χ0n) is 70.7. The maximum atomic E-state index is 15.2. The Morgan fingerprint density at radius 2 is 1.22 bits per heavy atom. The number of carboxylic acids is 3. The van der Waals surface area contributed by atoms with Crippen molar-refractivity contribution in [2.45, 2.75) is 224 Å². The summed E-state index contributed by atoms with van der Waals surface area (Å²) in [6.45, 7) is 13.1. The van der Waals surface area contributed by atoms with Crippen molar-refractivity contribution >= 4 is 141 Å². The van der Waals surface area contributed by atoms with E-state index in [2.05, 4.69) is 47.5 Å². The van der Waals surface area contributed by atoms with Crippen molar-refractivity contribution in [2.75, 3.05) is 104 Å². The van der Waals surface area contributed by atoms with Gasteiger partial charge in [0.2, 0.25) is 76.8 Å². The van der Waals surface area contributed by atoms with E-state index >= 15 is 4.79 Å². The Balaban J connectivity index is 1.06. The smallest absolute Gasteiger partial charge is 0.326 e. The number of aryl methyl sites for hydroxylation is 1. The second-order valence-electron chi connectivity index (χ2n) is 31.1. The first-order valence-corrected chi connectivity index (χ1v) is 44.6. The van der Waals surface area contributed by atoms with Gasteiger partial charge in [-0.3, -0.25) is 96.2 Å². The Morgan fingerprint density at radius 3 is 1.78 bits per heavy atom. The molecule has 4 saturated heterocycles. The maximum Gasteiger partial charge on any atom is 0.326 e. The first kappa shape index (κ1) is 101. The van der Waals surface area contributed by atoms with Crippen molar-refractivity contribution in [1.82, 2.24) is 72.0 Å². The number of aromatic nitrogens is 1. The molecule has 122 heavy (non-hydrogen) atoms. The number of benzene rings is 1. The number of likely N-dealkylation sites (tertiary alicyclic amines) is 1. The van der Waals surface area contributed by atoms with E-state index < -0.39 is 179 Å². The highest BCUT2D eigenvalue weighted by atomic mass is 32.2. The van der Waals surface area contributed by atoms with Gasteiger partial charge in [-0.1, -0.05) is 77.3 Å². The average Bonchev–Trinajstić information content (AvgIpc) is 1.59. The molecule has 4 fully saturated rings. The Bertz CT molecular complexity index is 3920. The van der Waals surface area contributed by atoms with Crippen LogP contribution in [0.3, 0.4) is 0 Å². The van der Waals surface area contributed by atoms with Crippen molar-refractivity contribution < 1.29 is 116 Å². The number of thioether (sulfide) groups is 2. The third-order valence-electron chi connectivity index (χ3n) is 21.3. The summed E-state index contributed by atoms with van der Waals surface area (Å²) in [6.07, 6.45) is 0.464. The fourth-order valence-electron chi connectivity index (χ4n) is 14.3. The lowest BCUT2D eigenvalue weighted by Gasteiger charge is -2.40. The number of hydrogen-bond acceptors (Lipinski definition) is 26. The topological polar surface area (TPSA) is 521 Å². The molecular formula is C81H120N14O24S3. The van der Waals surface area contributed by atoms with Gasteiger partial charge in [0.25, 0.3) is 5.91 Å². The van der Waals surface area contributed by atoms with Gasteiger partial charge < -0.3 is 81.9 Å². The van der Waals surface area contributed by atoms with Crippen LogP contribution in [-0.4, -0.2) is 302 Å². The molecule has 11 N–H and O–H groups in total. The standard InChI is InChI=1S/C81H120N14O24S3/c1-9-50(6)72(79(112)93(10-2)59(48(3)4)39-60(119-52(8)96)76-89-57(46-120-76)74(108)86-54(37-51(7)80(113)114)38-53-22-20-49(5)21-23-53)90-75(109)58-19-13-16-30-92(58)43-65(99)82-26-14-11-17-55(73(107)88-56(81(115)116)18-12-15-27-83-66(100)44-118-36-29-85-67(101)45-117-35-28-84-64(98)42-71(105)106)87-63(97)24-25-68(102)91-31-33-94-69(103)40-61(77(94)110)121-47-122-62-41-70(104)95(34-32-91)78(62)111/h20-23,46,48,50-51,54-56,58-62,72H,9-19,24-45,47H2,1-8H3,(H,82,99)(H,83,100)(H,84,98)(H,85,101)(H,86,108)(H,87,97)(H,88,107)(H,90,109)(H,105,106)(H,113,114)(H,115,116)/t50?,51?,54-,55?,56?,58?,59-,60-,61?,62?,72+/m1/s1. The summed E-state index contributed by atoms with van der Waals surface area (Å²) in [5, 5.41) is 51.0. The van der Waals surface area contributed by atoms with Gasteiger partial charge >= 0.3 is 23.9 Å². The number of fused-ring (bicyclic) bond motifs is 4. The number of likely N-dealkylation sites (N-methyl/N-ethyl adjacent to an activating group) is 1. The van der Waals surface area contributed by atoms with Crippen molar-refractivity contribution in [1.29, 1.82) is 0 Å². The van der Waals surface area contributed by atoms with Crippen LogP contribution in [0.2, 0.25) is 0 Å². The molecule has 676 valence electrons. The number of aliphatic carboxylic acids is 3. The summed E-state index contributed by atoms with van der Waals surface area (Å²) in [5.41, 5.74) is 1.97. The number of thiazole rings is 1. The van der Waals surface area contributed by atoms with E-state index in [1.807, 2.05) is 58.9 Å². The largest absolute Gasteiger partial charge is 0.481 e. The normalized spacial score (nSPS) is 18.3. The Labute approximate surface area is 722 Å². The van der Waals surface area contributed by atoms with Crippen molar-refractivity contribution in [3.8, 4) is 0 Å². The number of amides is 14. The van der Waals surface area contributed by atoms with Gasteiger partial charge in [0, 0.05) is 120 Å². The number of rotatable bonds is 50. The van der Waals surface area contributed by atoms with Crippen LogP contribution in [0.4, 0.5) is 0 Å². The van der Waals surface area contributed by atoms with E-state index in [4.69, 9.17) is 19.3 Å². The average molecular weight is 1770 g/mol. The molecular weight excluding hydrogens is 1650 g/mol. The molecule has 0 radical (unpaired) electrons. The van der Waals surface area contributed by atoms with E-state index in [0.717, 1.165) is 32.3 Å². The zero-order chi connectivity index (χ0) is 89.7. The van der Waals surface area contributed by atoms with Crippen molar-refractivity contribution in [2.24, 2.45) is 17.8 Å². The van der Waals surface area contributed by atoms with Crippen molar-refractivity contribution in [3.05, 3.63) is 51.5 Å². The molecule has 11 atom stereocenters. The van der Waals surface area contributed by atoms with Crippen LogP contribution in [0.5, 0.6) is 0 Å². The van der Waals surface area contributed by atoms with E-state index in [0.29, 0.717) is 48.7 Å². The second-order valence-corrected chi connectivity index (χ2v) is 34.7. The molecule has 41 heteroatoms. The number of imide groups is 2. The molecule has 7 unspecified atom stereocenters. The highest BCUT2D eigenvalue weighted by Gasteiger charge is 2.44. The molecule has 1 aromatic heterocycles. The van der Waals surface area contributed by atoms with Gasteiger partial charge in [0.15, 0.2) is 6.10 Å². The fraction of sp³-hybridized carbons (Fsp3) is 0.667. The number of carbonyl (C=O) groups is 18. The van der Waals surface area contributed by atoms with Crippen LogP contribution >= 0.6 is 34.9 Å². The highest BCUT2D eigenvalue weighted by molar-refractivity contribution is 8.17. The highest BCUT2D eigenvalue weighted by Crippen LogP contribution is 2.35. The van der Waals surface area contributed by atoms with Gasteiger partial charge in [-0.05, 0) is 102 Å². The molecule has 6 rings (SSSR count). The van der Waals surface area contributed by atoms with Gasteiger partial charge in [-0.15, -0.1) is 34.9 Å². The Hall–Kier alpha value is -9.71. The van der Waals surface area contributed by atoms with Gasteiger partial charge in [0.05, 0.1) is 42.2 Å². The number of hydrogen-bond donors (Lipinski definition) is 11. The molecule has 0 aliphatic carbocycles. The maximum absolute atomic E-state index is 15.2. The van der Waals surface area contributed by atoms with Gasteiger partial charge in [-0.25, -0.2) is 9.78 Å². The molecule has 5 heterocycles. The summed E-state index contributed by atoms with van der Waals surface area (Å²) >= 11 is 3.49. The summed E-state index contributed by atoms with van der Waals surface area (Å²) in [4.78, 5) is 248. The minimum Gasteiger partial charge on any atom is -0.481 e. The number of nitrogens with zero attached hydrogens (tertiary/aromatic N) is 6. The van der Waals surface area contributed by atoms with Crippen LogP contribution in [0.25, 0.3) is 0 Å². The number of nitrogens with one attached hydrogen (secondary N) is 8. The summed E-state index contributed by atoms with van der Waals surface area (Å²) in [6, 6.07) is 1.81. The lowest BCUT2D eigenvalue weighted by Crippen LogP contribution is -2.59. The van der Waals surface area contributed by atoms with Crippen LogP contribution in [-0.2, 0) is 102 Å². The number of unbranched alkanes of at least 4 members (excludes halogenated alkanes) is 2. The molecule has 4 aliphatic heterocycles.